The van der Waals surface area contributed by atoms with Crippen LogP contribution in [0.1, 0.15) is 22.8 Å². The van der Waals surface area contributed by atoms with E-state index in [2.05, 4.69) is 0 Å². The van der Waals surface area contributed by atoms with E-state index in [1.165, 1.54) is 12.1 Å². The van der Waals surface area contributed by atoms with Gasteiger partial charge in [0.05, 0.1) is 6.61 Å². The zero-order valence-corrected chi connectivity index (χ0v) is 9.77. The van der Waals surface area contributed by atoms with Crippen LogP contribution in [-0.4, -0.2) is 11.7 Å². The maximum Gasteiger partial charge on any atom is 0.123 e. The summed E-state index contributed by atoms with van der Waals surface area (Å²) in [5.74, 6) is 0.596. The van der Waals surface area contributed by atoms with Crippen LogP contribution in [0.15, 0.2) is 42.5 Å². The maximum atomic E-state index is 12.8. The van der Waals surface area contributed by atoms with Crippen LogP contribution in [0.25, 0.3) is 0 Å². The fourth-order valence-electron chi connectivity index (χ4n) is 2.21. The quantitative estimate of drug-likeness (QED) is 0.880. The normalized spacial score (nSPS) is 15.0. The van der Waals surface area contributed by atoms with Crippen molar-refractivity contribution in [1.82, 2.24) is 0 Å². The lowest BCUT2D eigenvalue weighted by Crippen LogP contribution is -2.00. The highest BCUT2D eigenvalue weighted by Crippen LogP contribution is 2.30. The smallest absolute Gasteiger partial charge is 0.123 e. The predicted molar refractivity (Wildman–Crippen MR) is 66.1 cm³/mol. The lowest BCUT2D eigenvalue weighted by atomic mass is 9.99. The van der Waals surface area contributed by atoms with Crippen molar-refractivity contribution in [2.75, 3.05) is 6.61 Å². The minimum atomic E-state index is -0.725. The van der Waals surface area contributed by atoms with Crippen molar-refractivity contribution in [2.24, 2.45) is 0 Å². The van der Waals surface area contributed by atoms with Crippen LogP contribution >= 0.6 is 0 Å². The molecule has 1 heterocycles. The third kappa shape index (κ3) is 1.97. The van der Waals surface area contributed by atoms with Gasteiger partial charge in [-0.3, -0.25) is 0 Å². The van der Waals surface area contributed by atoms with Gasteiger partial charge < -0.3 is 9.84 Å². The van der Waals surface area contributed by atoms with Crippen molar-refractivity contribution in [3.63, 3.8) is 0 Å². The Kier molecular flexibility index (Phi) is 2.76. The molecule has 0 aromatic heterocycles. The summed E-state index contributed by atoms with van der Waals surface area (Å²) in [7, 11) is 0. The van der Waals surface area contributed by atoms with Crippen molar-refractivity contribution < 1.29 is 14.2 Å². The fourth-order valence-corrected chi connectivity index (χ4v) is 2.21. The molecule has 0 amide bonds. The van der Waals surface area contributed by atoms with Gasteiger partial charge in [-0.15, -0.1) is 0 Å². The van der Waals surface area contributed by atoms with Gasteiger partial charge in [0.25, 0.3) is 0 Å². The highest BCUT2D eigenvalue weighted by atomic mass is 19.1. The Balaban J connectivity index is 1.92. The second-order valence-electron chi connectivity index (χ2n) is 4.42. The molecule has 0 spiro atoms. The van der Waals surface area contributed by atoms with Crippen LogP contribution in [0.2, 0.25) is 0 Å². The molecule has 1 aliphatic heterocycles. The zero-order valence-electron chi connectivity index (χ0n) is 9.77. The predicted octanol–water partition coefficient (Wildman–Crippen LogP) is 2.84. The van der Waals surface area contributed by atoms with E-state index >= 15 is 0 Å². The van der Waals surface area contributed by atoms with Gasteiger partial charge >= 0.3 is 0 Å². The molecule has 3 heteroatoms. The van der Waals surface area contributed by atoms with Gasteiger partial charge in [-0.2, -0.15) is 0 Å². The van der Waals surface area contributed by atoms with Gasteiger partial charge in [0.2, 0.25) is 0 Å². The molecule has 0 bridgehead atoms. The molecule has 1 atom stereocenters. The topological polar surface area (TPSA) is 29.5 Å². The van der Waals surface area contributed by atoms with E-state index in [0.717, 1.165) is 23.3 Å². The Labute approximate surface area is 105 Å². The van der Waals surface area contributed by atoms with E-state index < -0.39 is 6.10 Å². The van der Waals surface area contributed by atoms with Crippen LogP contribution in [0.3, 0.4) is 0 Å². The van der Waals surface area contributed by atoms with Gasteiger partial charge in [-0.25, -0.2) is 4.39 Å². The second-order valence-corrected chi connectivity index (χ2v) is 4.42. The molecule has 2 nitrogen and oxygen atoms in total. The summed E-state index contributed by atoms with van der Waals surface area (Å²) in [5, 5.41) is 10.3. The van der Waals surface area contributed by atoms with E-state index in [9.17, 15) is 9.50 Å². The Morgan fingerprint density at radius 3 is 2.56 bits per heavy atom. The second kappa shape index (κ2) is 4.42. The minimum Gasteiger partial charge on any atom is -0.493 e. The zero-order chi connectivity index (χ0) is 12.5. The molecule has 0 saturated carbocycles. The molecular formula is C15H13FO2. The molecule has 3 rings (SSSR count). The number of aliphatic hydroxyl groups is 1. The van der Waals surface area contributed by atoms with Crippen molar-refractivity contribution in [3.8, 4) is 5.75 Å². The summed E-state index contributed by atoms with van der Waals surface area (Å²) in [4.78, 5) is 0. The third-order valence-electron chi connectivity index (χ3n) is 3.21. The lowest BCUT2D eigenvalue weighted by molar-refractivity contribution is 0.220. The van der Waals surface area contributed by atoms with Gasteiger partial charge in [0.15, 0.2) is 0 Å². The van der Waals surface area contributed by atoms with Gasteiger partial charge in [-0.1, -0.05) is 18.2 Å². The largest absolute Gasteiger partial charge is 0.493 e. The number of rotatable bonds is 2. The van der Waals surface area contributed by atoms with Gasteiger partial charge in [0, 0.05) is 6.42 Å². The summed E-state index contributed by atoms with van der Waals surface area (Å²) in [5.41, 5.74) is 2.62. The summed E-state index contributed by atoms with van der Waals surface area (Å²) in [6, 6.07) is 11.6. The van der Waals surface area contributed by atoms with E-state index in [0.29, 0.717) is 12.2 Å². The Bertz CT molecular complexity index is 563. The number of aliphatic hydroxyl groups excluding tert-OH is 1. The van der Waals surface area contributed by atoms with Crippen molar-refractivity contribution in [1.29, 1.82) is 0 Å². The third-order valence-corrected chi connectivity index (χ3v) is 3.21. The standard InChI is InChI=1S/C15H13FO2/c16-13-4-1-10(2-5-13)15(17)12-3-6-14-11(9-12)7-8-18-14/h1-6,9,15,17H,7-8H2. The van der Waals surface area contributed by atoms with Crippen LogP contribution in [0.5, 0.6) is 5.75 Å². The van der Waals surface area contributed by atoms with Crippen molar-refractivity contribution >= 4 is 0 Å². The number of ether oxygens (including phenoxy) is 1. The summed E-state index contributed by atoms with van der Waals surface area (Å²) < 4.78 is 18.3. The Hall–Kier alpha value is -1.87. The molecule has 0 saturated heterocycles. The molecule has 2 aromatic carbocycles. The van der Waals surface area contributed by atoms with E-state index in [1.54, 1.807) is 12.1 Å². The average molecular weight is 244 g/mol. The number of halogens is 1. The Morgan fingerprint density at radius 1 is 1.06 bits per heavy atom. The fraction of sp³-hybridized carbons (Fsp3) is 0.200. The van der Waals surface area contributed by atoms with E-state index in [-0.39, 0.29) is 5.82 Å². The first kappa shape index (κ1) is 11.2. The van der Waals surface area contributed by atoms with Crippen LogP contribution < -0.4 is 4.74 Å². The van der Waals surface area contributed by atoms with E-state index in [4.69, 9.17) is 4.74 Å². The molecule has 18 heavy (non-hydrogen) atoms. The monoisotopic (exact) mass is 244 g/mol. The van der Waals surface area contributed by atoms with Crippen LogP contribution in [0.4, 0.5) is 4.39 Å². The summed E-state index contributed by atoms with van der Waals surface area (Å²) in [6.45, 7) is 0.700. The van der Waals surface area contributed by atoms with Crippen molar-refractivity contribution in [2.45, 2.75) is 12.5 Å². The summed E-state index contributed by atoms with van der Waals surface area (Å²) in [6.07, 6.45) is 0.149. The molecule has 0 radical (unpaired) electrons. The number of benzene rings is 2. The first-order chi connectivity index (χ1) is 8.74. The number of hydrogen-bond acceptors (Lipinski definition) is 2. The SMILES string of the molecule is OC(c1ccc(F)cc1)c1ccc2c(c1)CCO2. The van der Waals surface area contributed by atoms with Gasteiger partial charge in [-0.05, 0) is 41.0 Å². The number of hydrogen-bond donors (Lipinski definition) is 1. The lowest BCUT2D eigenvalue weighted by Gasteiger charge is -2.12. The first-order valence-corrected chi connectivity index (χ1v) is 5.93. The van der Waals surface area contributed by atoms with Gasteiger partial charge in [0.1, 0.15) is 17.7 Å². The van der Waals surface area contributed by atoms with Crippen LogP contribution in [-0.2, 0) is 6.42 Å². The minimum absolute atomic E-state index is 0.298. The average Bonchev–Trinajstić information content (AvgIpc) is 2.86. The Morgan fingerprint density at radius 2 is 1.78 bits per heavy atom. The maximum absolute atomic E-state index is 12.8. The molecule has 0 aliphatic carbocycles. The molecule has 2 aromatic rings. The molecule has 1 N–H and O–H groups in total. The van der Waals surface area contributed by atoms with E-state index in [1.807, 2.05) is 18.2 Å². The molecule has 1 aliphatic rings. The molecule has 92 valence electrons. The first-order valence-electron chi connectivity index (χ1n) is 5.93. The molecule has 1 unspecified atom stereocenters. The van der Waals surface area contributed by atoms with Crippen molar-refractivity contribution in [3.05, 3.63) is 65.0 Å². The molecule has 0 fully saturated rings. The summed E-state index contributed by atoms with van der Waals surface area (Å²) >= 11 is 0. The van der Waals surface area contributed by atoms with Crippen LogP contribution in [0, 0.1) is 5.82 Å². The highest BCUT2D eigenvalue weighted by molar-refractivity contribution is 5.42. The number of fused-ring (bicyclic) bond motifs is 1. The highest BCUT2D eigenvalue weighted by Gasteiger charge is 2.16. The molecular weight excluding hydrogens is 231 g/mol.